The molecule has 138 valence electrons. The van der Waals surface area contributed by atoms with Gasteiger partial charge in [0.05, 0.1) is 11.7 Å². The van der Waals surface area contributed by atoms with E-state index >= 15 is 0 Å². The fourth-order valence-corrected chi connectivity index (χ4v) is 3.07. The van der Waals surface area contributed by atoms with Crippen LogP contribution in [-0.2, 0) is 6.42 Å². The molecule has 6 nitrogen and oxygen atoms in total. The van der Waals surface area contributed by atoms with Crippen molar-refractivity contribution in [2.75, 3.05) is 0 Å². The van der Waals surface area contributed by atoms with Gasteiger partial charge in [0.2, 0.25) is 0 Å². The van der Waals surface area contributed by atoms with Gasteiger partial charge in [-0.25, -0.2) is 4.68 Å². The summed E-state index contributed by atoms with van der Waals surface area (Å²) in [6.07, 6.45) is 2.24. The van der Waals surface area contributed by atoms with E-state index in [0.29, 0.717) is 5.56 Å². The maximum atomic E-state index is 12.9. The van der Waals surface area contributed by atoms with E-state index in [1.54, 1.807) is 16.8 Å². The molecule has 0 aliphatic heterocycles. The van der Waals surface area contributed by atoms with Crippen LogP contribution in [0.2, 0.25) is 0 Å². The lowest BCUT2D eigenvalue weighted by Crippen LogP contribution is -2.30. The number of hydrogen-bond acceptors (Lipinski definition) is 4. The zero-order valence-electron chi connectivity index (χ0n) is 15.1. The lowest BCUT2D eigenvalue weighted by Gasteiger charge is -2.20. The van der Waals surface area contributed by atoms with Gasteiger partial charge in [-0.2, -0.15) is 0 Å². The Kier molecular flexibility index (Phi) is 5.20. The molecule has 1 aromatic heterocycles. The number of amides is 1. The highest BCUT2D eigenvalue weighted by atomic mass is 16.1. The molecule has 0 saturated heterocycles. The van der Waals surface area contributed by atoms with E-state index in [1.165, 1.54) is 11.9 Å². The Morgan fingerprint density at radius 3 is 2.21 bits per heavy atom. The first-order valence-electron chi connectivity index (χ1n) is 9.03. The summed E-state index contributed by atoms with van der Waals surface area (Å²) < 4.78 is 1.55. The monoisotopic (exact) mass is 369 g/mol. The molecule has 3 aromatic carbocycles. The van der Waals surface area contributed by atoms with Gasteiger partial charge >= 0.3 is 0 Å². The van der Waals surface area contributed by atoms with E-state index in [9.17, 15) is 4.79 Å². The van der Waals surface area contributed by atoms with Gasteiger partial charge in [-0.3, -0.25) is 4.79 Å². The molecule has 0 aliphatic rings. The Balaban J connectivity index is 1.53. The van der Waals surface area contributed by atoms with Crippen LogP contribution in [0.25, 0.3) is 5.69 Å². The Morgan fingerprint density at radius 2 is 1.57 bits per heavy atom. The summed E-state index contributed by atoms with van der Waals surface area (Å²) >= 11 is 0. The van der Waals surface area contributed by atoms with Crippen LogP contribution in [0.4, 0.5) is 0 Å². The second-order valence-corrected chi connectivity index (χ2v) is 6.43. The van der Waals surface area contributed by atoms with Crippen LogP contribution in [0.15, 0.2) is 91.3 Å². The molecule has 1 heterocycles. The van der Waals surface area contributed by atoms with Crippen molar-refractivity contribution >= 4 is 5.91 Å². The number of nitrogens with one attached hydrogen (secondary N) is 1. The molecule has 0 spiro atoms. The van der Waals surface area contributed by atoms with E-state index in [2.05, 4.69) is 33.0 Å². The number of hydrogen-bond donors (Lipinski definition) is 1. The van der Waals surface area contributed by atoms with Crippen LogP contribution in [0.3, 0.4) is 0 Å². The minimum Gasteiger partial charge on any atom is -0.345 e. The highest BCUT2D eigenvalue weighted by Crippen LogP contribution is 2.19. The van der Waals surface area contributed by atoms with E-state index in [4.69, 9.17) is 0 Å². The molecule has 4 rings (SSSR count). The number of nitrogens with zero attached hydrogens (tertiary/aromatic N) is 4. The van der Waals surface area contributed by atoms with Gasteiger partial charge in [-0.05, 0) is 52.2 Å². The predicted molar refractivity (Wildman–Crippen MR) is 106 cm³/mol. The van der Waals surface area contributed by atoms with Gasteiger partial charge in [0.1, 0.15) is 6.33 Å². The van der Waals surface area contributed by atoms with Crippen molar-refractivity contribution in [2.45, 2.75) is 12.5 Å². The van der Waals surface area contributed by atoms with Gasteiger partial charge < -0.3 is 5.32 Å². The maximum Gasteiger partial charge on any atom is 0.251 e. The van der Waals surface area contributed by atoms with E-state index < -0.39 is 0 Å². The third-order valence-electron chi connectivity index (χ3n) is 4.53. The summed E-state index contributed by atoms with van der Waals surface area (Å²) in [5.41, 5.74) is 3.63. The number of benzene rings is 3. The standard InChI is InChI=1S/C22H19N5O/c28-22(19-11-13-20(14-12-19)27-16-23-25-26-27)24-21(18-9-5-2-6-10-18)15-17-7-3-1-4-8-17/h1-14,16,21H,15H2,(H,24,28). The van der Waals surface area contributed by atoms with Crippen LogP contribution >= 0.6 is 0 Å². The Bertz CT molecular complexity index is 1020. The molecule has 1 N–H and O–H groups in total. The number of tetrazole rings is 1. The van der Waals surface area contributed by atoms with Crippen molar-refractivity contribution in [2.24, 2.45) is 0 Å². The molecule has 28 heavy (non-hydrogen) atoms. The zero-order chi connectivity index (χ0) is 19.2. The minimum absolute atomic E-state index is 0.115. The van der Waals surface area contributed by atoms with Crippen molar-refractivity contribution in [3.05, 3.63) is 108 Å². The second kappa shape index (κ2) is 8.26. The predicted octanol–water partition coefficient (Wildman–Crippen LogP) is 3.38. The first kappa shape index (κ1) is 17.6. The lowest BCUT2D eigenvalue weighted by atomic mass is 9.98. The molecule has 0 saturated carbocycles. The van der Waals surface area contributed by atoms with E-state index in [-0.39, 0.29) is 11.9 Å². The van der Waals surface area contributed by atoms with Gasteiger partial charge in [0.25, 0.3) is 5.91 Å². The largest absolute Gasteiger partial charge is 0.345 e. The summed E-state index contributed by atoms with van der Waals surface area (Å²) in [5.74, 6) is -0.118. The van der Waals surface area contributed by atoms with Crippen LogP contribution in [-0.4, -0.2) is 26.1 Å². The minimum atomic E-state index is -0.118. The third kappa shape index (κ3) is 4.12. The van der Waals surface area contributed by atoms with Crippen molar-refractivity contribution in [3.63, 3.8) is 0 Å². The van der Waals surface area contributed by atoms with Crippen molar-refractivity contribution in [1.29, 1.82) is 0 Å². The van der Waals surface area contributed by atoms with E-state index in [0.717, 1.165) is 17.7 Å². The average Bonchev–Trinajstić information content (AvgIpc) is 3.30. The van der Waals surface area contributed by atoms with Gasteiger partial charge in [0, 0.05) is 5.56 Å². The fourth-order valence-electron chi connectivity index (χ4n) is 3.07. The highest BCUT2D eigenvalue weighted by molar-refractivity contribution is 5.94. The van der Waals surface area contributed by atoms with Gasteiger partial charge in [-0.15, -0.1) is 5.10 Å². The van der Waals surface area contributed by atoms with E-state index in [1.807, 2.05) is 60.7 Å². The smallest absolute Gasteiger partial charge is 0.251 e. The zero-order valence-corrected chi connectivity index (χ0v) is 15.1. The van der Waals surface area contributed by atoms with Crippen LogP contribution in [0.5, 0.6) is 0 Å². The molecule has 0 radical (unpaired) electrons. The molecule has 1 atom stereocenters. The molecule has 4 aromatic rings. The first-order valence-corrected chi connectivity index (χ1v) is 9.03. The summed E-state index contributed by atoms with van der Waals surface area (Å²) in [6, 6.07) is 27.3. The second-order valence-electron chi connectivity index (χ2n) is 6.43. The van der Waals surface area contributed by atoms with Crippen LogP contribution < -0.4 is 5.32 Å². The Hall–Kier alpha value is -3.80. The first-order chi connectivity index (χ1) is 13.8. The third-order valence-corrected chi connectivity index (χ3v) is 4.53. The quantitative estimate of drug-likeness (QED) is 0.565. The Morgan fingerprint density at radius 1 is 0.893 bits per heavy atom. The molecular formula is C22H19N5O. The molecule has 0 aliphatic carbocycles. The lowest BCUT2D eigenvalue weighted by molar-refractivity contribution is 0.0936. The topological polar surface area (TPSA) is 72.7 Å². The van der Waals surface area contributed by atoms with Crippen LogP contribution in [0.1, 0.15) is 27.5 Å². The number of rotatable bonds is 6. The SMILES string of the molecule is O=C(NC(Cc1ccccc1)c1ccccc1)c1ccc(-n2cnnn2)cc1. The summed E-state index contributed by atoms with van der Waals surface area (Å²) in [7, 11) is 0. The normalized spacial score (nSPS) is 11.7. The van der Waals surface area contributed by atoms with Gasteiger partial charge in [0.15, 0.2) is 0 Å². The summed E-state index contributed by atoms with van der Waals surface area (Å²) in [4.78, 5) is 12.9. The average molecular weight is 369 g/mol. The molecule has 1 amide bonds. The number of aromatic nitrogens is 4. The molecular weight excluding hydrogens is 350 g/mol. The Labute approximate surface area is 162 Å². The highest BCUT2D eigenvalue weighted by Gasteiger charge is 2.16. The van der Waals surface area contributed by atoms with Gasteiger partial charge in [-0.1, -0.05) is 60.7 Å². The number of carbonyl (C=O) groups is 1. The molecule has 6 heteroatoms. The summed E-state index contributed by atoms with van der Waals surface area (Å²) in [6.45, 7) is 0. The summed E-state index contributed by atoms with van der Waals surface area (Å²) in [5, 5.41) is 14.3. The van der Waals surface area contributed by atoms with Crippen LogP contribution in [0, 0.1) is 0 Å². The maximum absolute atomic E-state index is 12.9. The van der Waals surface area contributed by atoms with Crippen molar-refractivity contribution in [3.8, 4) is 5.69 Å². The number of carbonyl (C=O) groups excluding carboxylic acids is 1. The van der Waals surface area contributed by atoms with Crippen molar-refractivity contribution in [1.82, 2.24) is 25.5 Å². The molecule has 0 bridgehead atoms. The fraction of sp³-hybridized carbons (Fsp3) is 0.0909. The van der Waals surface area contributed by atoms with Crippen molar-refractivity contribution < 1.29 is 4.79 Å². The molecule has 1 unspecified atom stereocenters. The molecule has 0 fully saturated rings.